The Balaban J connectivity index is 1.81. The molecule has 4 nitrogen and oxygen atoms in total. The van der Waals surface area contributed by atoms with Gasteiger partial charge in [0.05, 0.1) is 7.11 Å². The van der Waals surface area contributed by atoms with E-state index in [0.29, 0.717) is 13.2 Å². The van der Waals surface area contributed by atoms with Crippen molar-refractivity contribution in [2.24, 2.45) is 12.8 Å². The first-order chi connectivity index (χ1) is 10.7. The predicted octanol–water partition coefficient (Wildman–Crippen LogP) is 3.22. The number of nitrogens with zero attached hydrogens (tertiary/aromatic N) is 1. The van der Waals surface area contributed by atoms with Gasteiger partial charge in [-0.3, -0.25) is 0 Å². The predicted molar refractivity (Wildman–Crippen MR) is 88.1 cm³/mol. The third-order valence-corrected chi connectivity index (χ3v) is 3.83. The van der Waals surface area contributed by atoms with Crippen LogP contribution >= 0.6 is 0 Å². The highest BCUT2D eigenvalue weighted by atomic mass is 16.5. The third-order valence-electron chi connectivity index (χ3n) is 3.83. The molecule has 0 aliphatic heterocycles. The maximum atomic E-state index is 5.88. The molecule has 0 fully saturated rings. The van der Waals surface area contributed by atoms with Crippen molar-refractivity contribution in [1.29, 1.82) is 0 Å². The number of hydrogen-bond donors (Lipinski definition) is 1. The molecule has 0 spiro atoms. The van der Waals surface area contributed by atoms with Gasteiger partial charge in [-0.05, 0) is 35.9 Å². The Morgan fingerprint density at radius 2 is 1.77 bits per heavy atom. The molecule has 0 atom stereocenters. The van der Waals surface area contributed by atoms with Gasteiger partial charge in [-0.2, -0.15) is 0 Å². The van der Waals surface area contributed by atoms with Crippen LogP contribution in [0.15, 0.2) is 48.7 Å². The number of nitrogens with two attached hydrogens (primary N) is 1. The lowest BCUT2D eigenvalue weighted by Crippen LogP contribution is -1.96. The zero-order valence-electron chi connectivity index (χ0n) is 12.9. The molecule has 1 heterocycles. The molecule has 3 rings (SSSR count). The number of methoxy groups -OCH3 is 1. The maximum absolute atomic E-state index is 5.88. The average molecular weight is 296 g/mol. The molecular formula is C18H20N2O2. The minimum Gasteiger partial charge on any atom is -0.497 e. The monoisotopic (exact) mass is 296 g/mol. The zero-order valence-corrected chi connectivity index (χ0v) is 12.9. The normalized spacial score (nSPS) is 10.9. The van der Waals surface area contributed by atoms with E-state index >= 15 is 0 Å². The molecule has 0 saturated carbocycles. The van der Waals surface area contributed by atoms with Crippen LogP contribution in [0.1, 0.15) is 11.1 Å². The molecule has 0 radical (unpaired) electrons. The van der Waals surface area contributed by atoms with Crippen molar-refractivity contribution < 1.29 is 9.47 Å². The Hall–Kier alpha value is -2.46. The molecule has 0 unspecified atom stereocenters. The Morgan fingerprint density at radius 3 is 2.45 bits per heavy atom. The van der Waals surface area contributed by atoms with Crippen LogP contribution in [0.3, 0.4) is 0 Å². The highest BCUT2D eigenvalue weighted by molar-refractivity contribution is 5.84. The van der Waals surface area contributed by atoms with Crippen LogP contribution in [0.2, 0.25) is 0 Å². The summed E-state index contributed by atoms with van der Waals surface area (Å²) < 4.78 is 13.1. The van der Waals surface area contributed by atoms with Crippen LogP contribution in [0.5, 0.6) is 11.5 Å². The average Bonchev–Trinajstić information content (AvgIpc) is 2.89. The minimum atomic E-state index is 0.533. The number of rotatable bonds is 5. The summed E-state index contributed by atoms with van der Waals surface area (Å²) in [5, 5.41) is 1.20. The first-order valence-electron chi connectivity index (χ1n) is 7.25. The summed E-state index contributed by atoms with van der Waals surface area (Å²) in [5.74, 6) is 1.66. The van der Waals surface area contributed by atoms with Crippen LogP contribution in [0.4, 0.5) is 0 Å². The highest BCUT2D eigenvalue weighted by Crippen LogP contribution is 2.24. The SMILES string of the molecule is COc1ccc(OCc2cn(C)c3cc(CN)ccc23)cc1. The lowest BCUT2D eigenvalue weighted by molar-refractivity contribution is 0.306. The standard InChI is InChI=1S/C18H20N2O2/c1-20-11-14(17-8-3-13(10-19)9-18(17)20)12-22-16-6-4-15(21-2)5-7-16/h3-9,11H,10,12,19H2,1-2H3. The fourth-order valence-electron chi connectivity index (χ4n) is 2.59. The van der Waals surface area contributed by atoms with Crippen molar-refractivity contribution in [3.8, 4) is 11.5 Å². The van der Waals surface area contributed by atoms with E-state index in [2.05, 4.69) is 29.0 Å². The molecule has 0 bridgehead atoms. The largest absolute Gasteiger partial charge is 0.497 e. The summed E-state index contributed by atoms with van der Waals surface area (Å²) in [6.07, 6.45) is 2.11. The van der Waals surface area contributed by atoms with Crippen molar-refractivity contribution in [3.63, 3.8) is 0 Å². The molecule has 114 valence electrons. The van der Waals surface area contributed by atoms with E-state index in [4.69, 9.17) is 15.2 Å². The van der Waals surface area contributed by atoms with E-state index in [9.17, 15) is 0 Å². The lowest BCUT2D eigenvalue weighted by Gasteiger charge is -2.06. The Morgan fingerprint density at radius 1 is 1.05 bits per heavy atom. The van der Waals surface area contributed by atoms with Crippen LogP contribution in [-0.4, -0.2) is 11.7 Å². The van der Waals surface area contributed by atoms with Crippen molar-refractivity contribution >= 4 is 10.9 Å². The summed E-state index contributed by atoms with van der Waals surface area (Å²) in [4.78, 5) is 0. The molecule has 0 amide bonds. The molecule has 1 aromatic heterocycles. The van der Waals surface area contributed by atoms with E-state index in [1.54, 1.807) is 7.11 Å². The molecule has 0 aliphatic rings. The summed E-state index contributed by atoms with van der Waals surface area (Å²) >= 11 is 0. The van der Waals surface area contributed by atoms with Crippen LogP contribution in [-0.2, 0) is 20.2 Å². The van der Waals surface area contributed by atoms with E-state index in [0.717, 1.165) is 22.6 Å². The number of ether oxygens (including phenoxy) is 2. The van der Waals surface area contributed by atoms with Gasteiger partial charge in [0.15, 0.2) is 0 Å². The van der Waals surface area contributed by atoms with Crippen molar-refractivity contribution in [2.75, 3.05) is 7.11 Å². The second-order valence-corrected chi connectivity index (χ2v) is 5.29. The Bertz CT molecular complexity index is 776. The summed E-state index contributed by atoms with van der Waals surface area (Å²) in [6, 6.07) is 13.9. The van der Waals surface area contributed by atoms with E-state index in [1.807, 2.05) is 31.3 Å². The molecule has 0 aliphatic carbocycles. The molecule has 2 aromatic carbocycles. The summed E-state index contributed by atoms with van der Waals surface area (Å²) in [5.41, 5.74) is 9.19. The maximum Gasteiger partial charge on any atom is 0.120 e. The van der Waals surface area contributed by atoms with Gasteiger partial charge in [0.2, 0.25) is 0 Å². The number of benzene rings is 2. The number of aryl methyl sites for hydroxylation is 1. The van der Waals surface area contributed by atoms with Gasteiger partial charge in [-0.25, -0.2) is 0 Å². The molecule has 22 heavy (non-hydrogen) atoms. The topological polar surface area (TPSA) is 49.4 Å². The van der Waals surface area contributed by atoms with Gasteiger partial charge >= 0.3 is 0 Å². The quantitative estimate of drug-likeness (QED) is 0.786. The third kappa shape index (κ3) is 2.78. The number of aromatic nitrogens is 1. The minimum absolute atomic E-state index is 0.533. The zero-order chi connectivity index (χ0) is 15.5. The fraction of sp³-hybridized carbons (Fsp3) is 0.222. The first-order valence-corrected chi connectivity index (χ1v) is 7.25. The summed E-state index contributed by atoms with van der Waals surface area (Å²) in [6.45, 7) is 1.09. The Kier molecular flexibility index (Phi) is 4.02. The van der Waals surface area contributed by atoms with Gasteiger partial charge in [0.25, 0.3) is 0 Å². The molecule has 3 aromatic rings. The van der Waals surface area contributed by atoms with Gasteiger partial charge in [0, 0.05) is 36.3 Å². The Labute approximate surface area is 130 Å². The second kappa shape index (κ2) is 6.12. The van der Waals surface area contributed by atoms with Gasteiger partial charge in [-0.15, -0.1) is 0 Å². The van der Waals surface area contributed by atoms with E-state index in [1.165, 1.54) is 10.9 Å². The van der Waals surface area contributed by atoms with Crippen LogP contribution in [0.25, 0.3) is 10.9 Å². The first kappa shape index (κ1) is 14.5. The van der Waals surface area contributed by atoms with Gasteiger partial charge in [0.1, 0.15) is 18.1 Å². The van der Waals surface area contributed by atoms with Gasteiger partial charge < -0.3 is 19.8 Å². The van der Waals surface area contributed by atoms with Crippen LogP contribution in [0, 0.1) is 0 Å². The van der Waals surface area contributed by atoms with E-state index in [-0.39, 0.29) is 0 Å². The molecule has 4 heteroatoms. The van der Waals surface area contributed by atoms with Crippen molar-refractivity contribution in [3.05, 3.63) is 59.8 Å². The lowest BCUT2D eigenvalue weighted by atomic mass is 10.1. The number of fused-ring (bicyclic) bond motifs is 1. The summed E-state index contributed by atoms with van der Waals surface area (Å²) in [7, 11) is 3.70. The molecule has 2 N–H and O–H groups in total. The number of hydrogen-bond acceptors (Lipinski definition) is 3. The molecular weight excluding hydrogens is 276 g/mol. The van der Waals surface area contributed by atoms with Crippen LogP contribution < -0.4 is 15.2 Å². The molecule has 0 saturated heterocycles. The van der Waals surface area contributed by atoms with Gasteiger partial charge in [-0.1, -0.05) is 12.1 Å². The smallest absolute Gasteiger partial charge is 0.120 e. The highest BCUT2D eigenvalue weighted by Gasteiger charge is 2.08. The fourth-order valence-corrected chi connectivity index (χ4v) is 2.59. The second-order valence-electron chi connectivity index (χ2n) is 5.29. The van der Waals surface area contributed by atoms with E-state index < -0.39 is 0 Å². The van der Waals surface area contributed by atoms with Crippen molar-refractivity contribution in [2.45, 2.75) is 13.2 Å². The van der Waals surface area contributed by atoms with Crippen molar-refractivity contribution in [1.82, 2.24) is 4.57 Å².